The molecule has 1 N–H and O–H groups in total. The molecule has 41 heavy (non-hydrogen) atoms. The van der Waals surface area contributed by atoms with E-state index in [1.54, 1.807) is 0 Å². The van der Waals surface area contributed by atoms with Crippen molar-refractivity contribution in [2.45, 2.75) is 42.7 Å². The Morgan fingerprint density at radius 2 is 1.46 bits per heavy atom. The lowest BCUT2D eigenvalue weighted by atomic mass is 9.92. The second kappa shape index (κ2) is 13.8. The summed E-state index contributed by atoms with van der Waals surface area (Å²) in [6, 6.07) is 19.5. The average molecular weight is 620 g/mol. The van der Waals surface area contributed by atoms with Crippen molar-refractivity contribution >= 4 is 45.2 Å². The first-order valence-corrected chi connectivity index (χ1v) is 15.3. The molecule has 3 aromatic carbocycles. The number of methoxy groups -OCH3 is 2. The van der Waals surface area contributed by atoms with Gasteiger partial charge in [0.2, 0.25) is 10.0 Å². The molecule has 2 heterocycles. The molecular formula is C30H32Cl2N2O6S. The van der Waals surface area contributed by atoms with Crippen LogP contribution < -0.4 is 5.32 Å². The van der Waals surface area contributed by atoms with Crippen molar-refractivity contribution in [3.05, 3.63) is 99.0 Å². The van der Waals surface area contributed by atoms with Gasteiger partial charge in [0.1, 0.15) is 0 Å². The first-order valence-electron chi connectivity index (χ1n) is 13.1. The number of hydrogen-bond acceptors (Lipinski definition) is 7. The zero-order valence-electron chi connectivity index (χ0n) is 22.8. The predicted octanol–water partition coefficient (Wildman–Crippen LogP) is 5.28. The lowest BCUT2D eigenvalue weighted by molar-refractivity contribution is -0.142. The first-order chi connectivity index (χ1) is 19.6. The summed E-state index contributed by atoms with van der Waals surface area (Å²) in [4.78, 5) is 23.2. The van der Waals surface area contributed by atoms with E-state index in [1.165, 1.54) is 47.9 Å². The van der Waals surface area contributed by atoms with Crippen molar-refractivity contribution in [1.29, 1.82) is 0 Å². The van der Waals surface area contributed by atoms with Crippen LogP contribution in [0.4, 0.5) is 0 Å². The molecule has 0 amide bonds. The normalized spacial score (nSPS) is 18.2. The number of rotatable bonds is 6. The topological polar surface area (TPSA) is 102 Å². The predicted molar refractivity (Wildman–Crippen MR) is 157 cm³/mol. The minimum atomic E-state index is -3.86. The Kier molecular flexibility index (Phi) is 10.4. The number of fused-ring (bicyclic) bond motifs is 2. The summed E-state index contributed by atoms with van der Waals surface area (Å²) in [5.41, 5.74) is 4.41. The number of halogens is 2. The lowest BCUT2D eigenvalue weighted by Crippen LogP contribution is -2.41. The number of ether oxygens (including phenoxy) is 2. The van der Waals surface area contributed by atoms with Gasteiger partial charge in [0.05, 0.1) is 48.0 Å². The maximum Gasteiger partial charge on any atom is 0.307 e. The number of hydrogen-bond donors (Lipinski definition) is 1. The molecule has 0 spiro atoms. The van der Waals surface area contributed by atoms with Crippen LogP contribution in [0.3, 0.4) is 0 Å². The first kappa shape index (κ1) is 31.0. The molecular weight excluding hydrogens is 587 g/mol. The Balaban J connectivity index is 0.000000218. The molecule has 0 radical (unpaired) electrons. The van der Waals surface area contributed by atoms with Crippen LogP contribution in [0.25, 0.3) is 0 Å². The molecule has 2 aliphatic heterocycles. The van der Waals surface area contributed by atoms with Crippen LogP contribution in [0.1, 0.15) is 47.2 Å². The Hall–Kier alpha value is -2.95. The Bertz CT molecular complexity index is 1510. The van der Waals surface area contributed by atoms with Crippen LogP contribution in [-0.4, -0.2) is 52.0 Å². The van der Waals surface area contributed by atoms with Gasteiger partial charge in [-0.25, -0.2) is 8.42 Å². The van der Waals surface area contributed by atoms with Crippen molar-refractivity contribution < 1.29 is 27.5 Å². The molecule has 2 unspecified atom stereocenters. The zero-order chi connectivity index (χ0) is 29.6. The summed E-state index contributed by atoms with van der Waals surface area (Å²) in [7, 11) is -1.15. The molecule has 0 aliphatic carbocycles. The number of benzene rings is 3. The molecule has 218 valence electrons. The van der Waals surface area contributed by atoms with Gasteiger partial charge in [-0.3, -0.25) is 9.59 Å². The van der Waals surface area contributed by atoms with E-state index < -0.39 is 22.0 Å². The van der Waals surface area contributed by atoms with E-state index in [-0.39, 0.29) is 39.9 Å². The fourth-order valence-corrected chi connectivity index (χ4v) is 7.16. The van der Waals surface area contributed by atoms with E-state index in [9.17, 15) is 18.0 Å². The van der Waals surface area contributed by atoms with E-state index >= 15 is 0 Å². The fraction of sp³-hybridized carbons (Fsp3) is 0.333. The molecule has 0 aromatic heterocycles. The standard InChI is InChI=1S/C18H17Cl2NO4S.C12H15NO2/c1-25-18(22)11-17-14-5-3-2-4-12(14)8-9-21(17)26(23,24)13-6-7-15(19)16(20)10-13;1-15-12(14)8-11-10-5-3-2-4-9(10)6-7-13-11/h2-7,10,17H,8-9,11H2,1H3;2-5,11,13H,6-8H2,1H3. The number of carbonyl (C=O) groups is 2. The highest BCUT2D eigenvalue weighted by molar-refractivity contribution is 7.89. The van der Waals surface area contributed by atoms with Gasteiger partial charge in [-0.05, 0) is 59.8 Å². The maximum atomic E-state index is 13.2. The third-order valence-corrected chi connectivity index (χ3v) is 9.91. The highest BCUT2D eigenvalue weighted by Gasteiger charge is 2.38. The summed E-state index contributed by atoms with van der Waals surface area (Å²) >= 11 is 11.9. The quantitative estimate of drug-likeness (QED) is 0.375. The van der Waals surface area contributed by atoms with E-state index in [1.807, 2.05) is 36.4 Å². The minimum absolute atomic E-state index is 0.0427. The third-order valence-electron chi connectivity index (χ3n) is 7.26. The highest BCUT2D eigenvalue weighted by atomic mass is 35.5. The van der Waals surface area contributed by atoms with Crippen molar-refractivity contribution in [1.82, 2.24) is 9.62 Å². The average Bonchev–Trinajstić information content (AvgIpc) is 2.99. The van der Waals surface area contributed by atoms with Gasteiger partial charge < -0.3 is 14.8 Å². The van der Waals surface area contributed by atoms with Crippen LogP contribution >= 0.6 is 23.2 Å². The van der Waals surface area contributed by atoms with Gasteiger partial charge >= 0.3 is 11.9 Å². The van der Waals surface area contributed by atoms with E-state index in [0.29, 0.717) is 12.8 Å². The number of nitrogens with one attached hydrogen (secondary N) is 1. The summed E-state index contributed by atoms with van der Waals surface area (Å²) in [6.07, 6.45) is 1.95. The van der Waals surface area contributed by atoms with Gasteiger partial charge in [0, 0.05) is 12.6 Å². The molecule has 0 fully saturated rings. The summed E-state index contributed by atoms with van der Waals surface area (Å²) < 4.78 is 37.2. The van der Waals surface area contributed by atoms with Gasteiger partial charge in [0.25, 0.3) is 0 Å². The molecule has 2 aliphatic rings. The minimum Gasteiger partial charge on any atom is -0.469 e. The summed E-state index contributed by atoms with van der Waals surface area (Å²) in [5, 5.41) is 3.78. The number of esters is 2. The number of nitrogens with zero attached hydrogens (tertiary/aromatic N) is 1. The monoisotopic (exact) mass is 618 g/mol. The number of sulfonamides is 1. The number of carbonyl (C=O) groups excluding carboxylic acids is 2. The van der Waals surface area contributed by atoms with Crippen LogP contribution in [-0.2, 0) is 41.9 Å². The van der Waals surface area contributed by atoms with Crippen molar-refractivity contribution in [3.63, 3.8) is 0 Å². The Morgan fingerprint density at radius 3 is 2.12 bits per heavy atom. The molecule has 0 saturated carbocycles. The zero-order valence-corrected chi connectivity index (χ0v) is 25.1. The maximum absolute atomic E-state index is 13.2. The van der Waals surface area contributed by atoms with Crippen LogP contribution in [0.5, 0.6) is 0 Å². The summed E-state index contributed by atoms with van der Waals surface area (Å²) in [5.74, 6) is -0.634. The Labute approximate surface area is 250 Å². The molecule has 5 rings (SSSR count). The van der Waals surface area contributed by atoms with Crippen molar-refractivity contribution in [3.8, 4) is 0 Å². The van der Waals surface area contributed by atoms with E-state index in [2.05, 4.69) is 22.2 Å². The third kappa shape index (κ3) is 7.28. The van der Waals surface area contributed by atoms with Crippen LogP contribution in [0, 0.1) is 0 Å². The highest BCUT2D eigenvalue weighted by Crippen LogP contribution is 2.37. The molecule has 3 aromatic rings. The van der Waals surface area contributed by atoms with Gasteiger partial charge in [-0.2, -0.15) is 4.31 Å². The van der Waals surface area contributed by atoms with Crippen LogP contribution in [0.2, 0.25) is 10.0 Å². The molecule has 0 bridgehead atoms. The van der Waals surface area contributed by atoms with Gasteiger partial charge in [0.15, 0.2) is 0 Å². The van der Waals surface area contributed by atoms with Crippen LogP contribution in [0.15, 0.2) is 71.6 Å². The van der Waals surface area contributed by atoms with Crippen molar-refractivity contribution in [2.75, 3.05) is 27.3 Å². The molecule has 8 nitrogen and oxygen atoms in total. The SMILES string of the molecule is COC(=O)CC1NCCc2ccccc21.COC(=O)CC1c2ccccc2CCN1S(=O)(=O)c1ccc(Cl)c(Cl)c1. The molecule has 0 saturated heterocycles. The van der Waals surface area contributed by atoms with Gasteiger partial charge in [-0.15, -0.1) is 0 Å². The van der Waals surface area contributed by atoms with E-state index in [0.717, 1.165) is 24.1 Å². The molecule has 11 heteroatoms. The smallest absolute Gasteiger partial charge is 0.307 e. The summed E-state index contributed by atoms with van der Waals surface area (Å²) in [6.45, 7) is 1.19. The second-order valence-electron chi connectivity index (χ2n) is 9.67. The fourth-order valence-electron chi connectivity index (χ4n) is 5.17. The van der Waals surface area contributed by atoms with E-state index in [4.69, 9.17) is 27.9 Å². The Morgan fingerprint density at radius 1 is 0.854 bits per heavy atom. The molecule has 2 atom stereocenters. The lowest BCUT2D eigenvalue weighted by Gasteiger charge is -2.35. The largest absolute Gasteiger partial charge is 0.469 e. The second-order valence-corrected chi connectivity index (χ2v) is 12.4. The van der Waals surface area contributed by atoms with Gasteiger partial charge in [-0.1, -0.05) is 71.7 Å². The van der Waals surface area contributed by atoms with Crippen molar-refractivity contribution in [2.24, 2.45) is 0 Å².